The fourth-order valence-electron chi connectivity index (χ4n) is 4.16. The van der Waals surface area contributed by atoms with Gasteiger partial charge in [-0.3, -0.25) is 0 Å². The van der Waals surface area contributed by atoms with E-state index in [1.807, 2.05) is 49.4 Å². The van der Waals surface area contributed by atoms with E-state index in [4.69, 9.17) is 16.3 Å². The average Bonchev–Trinajstić information content (AvgIpc) is 3.32. The third-order valence-electron chi connectivity index (χ3n) is 5.69. The Labute approximate surface area is 193 Å². The number of nitrogens with zero attached hydrogens (tertiary/aromatic N) is 1. The second-order valence-electron chi connectivity index (χ2n) is 7.81. The van der Waals surface area contributed by atoms with Gasteiger partial charge in [0.1, 0.15) is 4.88 Å². The number of cyclic esters (lactones) is 1. The highest BCUT2D eigenvalue weighted by molar-refractivity contribution is 7.21. The van der Waals surface area contributed by atoms with Crippen LogP contribution in [0.15, 0.2) is 83.5 Å². The van der Waals surface area contributed by atoms with Gasteiger partial charge < -0.3 is 4.74 Å². The summed E-state index contributed by atoms with van der Waals surface area (Å²) in [7, 11) is 0. The molecule has 4 aromatic carbocycles. The van der Waals surface area contributed by atoms with E-state index < -0.39 is 5.97 Å². The van der Waals surface area contributed by atoms with Gasteiger partial charge in [0.15, 0.2) is 5.70 Å². The lowest BCUT2D eigenvalue weighted by Gasteiger charge is -2.08. The molecule has 5 aromatic rings. The Morgan fingerprint density at radius 1 is 0.906 bits per heavy atom. The summed E-state index contributed by atoms with van der Waals surface area (Å²) >= 11 is 8.10. The molecule has 154 valence electrons. The molecule has 0 saturated heterocycles. The highest BCUT2D eigenvalue weighted by Crippen LogP contribution is 2.38. The third kappa shape index (κ3) is 3.03. The maximum atomic E-state index is 12.8. The zero-order chi connectivity index (χ0) is 21.8. The minimum Gasteiger partial charge on any atom is -0.401 e. The first-order valence-corrected chi connectivity index (χ1v) is 11.4. The molecular weight excluding hydrogens is 438 g/mol. The molecule has 0 spiro atoms. The van der Waals surface area contributed by atoms with Crippen molar-refractivity contribution in [1.82, 2.24) is 0 Å². The monoisotopic (exact) mass is 453 g/mol. The van der Waals surface area contributed by atoms with Gasteiger partial charge in [-0.15, -0.1) is 11.3 Å². The number of aryl methyl sites for hydroxylation is 1. The van der Waals surface area contributed by atoms with E-state index in [0.29, 0.717) is 9.90 Å². The number of halogens is 1. The van der Waals surface area contributed by atoms with Crippen LogP contribution >= 0.6 is 22.9 Å². The van der Waals surface area contributed by atoms with Crippen molar-refractivity contribution in [2.75, 3.05) is 0 Å². The fourth-order valence-corrected chi connectivity index (χ4v) is 5.69. The highest BCUT2D eigenvalue weighted by Gasteiger charge is 2.28. The van der Waals surface area contributed by atoms with E-state index in [1.165, 1.54) is 11.3 Å². The predicted octanol–water partition coefficient (Wildman–Crippen LogP) is 7.51. The fraction of sp³-hybridized carbons (Fsp3) is 0.0370. The predicted molar refractivity (Wildman–Crippen MR) is 134 cm³/mol. The summed E-state index contributed by atoms with van der Waals surface area (Å²) in [6, 6.07) is 24.5. The van der Waals surface area contributed by atoms with Crippen LogP contribution in [-0.4, -0.2) is 11.9 Å². The van der Waals surface area contributed by atoms with Crippen LogP contribution in [0.1, 0.15) is 16.0 Å². The first kappa shape index (κ1) is 19.2. The van der Waals surface area contributed by atoms with E-state index in [-0.39, 0.29) is 11.6 Å². The second-order valence-corrected chi connectivity index (χ2v) is 9.24. The number of rotatable bonds is 2. The summed E-state index contributed by atoms with van der Waals surface area (Å²) in [5, 5.41) is 5.84. The molecule has 0 N–H and O–H groups in total. The van der Waals surface area contributed by atoms with E-state index >= 15 is 0 Å². The van der Waals surface area contributed by atoms with Gasteiger partial charge in [-0.2, -0.15) is 0 Å². The van der Waals surface area contributed by atoms with Crippen LogP contribution in [0.25, 0.3) is 37.7 Å². The van der Waals surface area contributed by atoms with E-state index in [2.05, 4.69) is 41.4 Å². The van der Waals surface area contributed by atoms with Gasteiger partial charge in [0.05, 0.1) is 5.02 Å². The molecule has 1 aromatic heterocycles. The van der Waals surface area contributed by atoms with E-state index in [0.717, 1.165) is 42.8 Å². The van der Waals surface area contributed by atoms with Crippen molar-refractivity contribution in [3.63, 3.8) is 0 Å². The molecule has 0 atom stereocenters. The lowest BCUT2D eigenvalue weighted by Crippen LogP contribution is -2.04. The van der Waals surface area contributed by atoms with Crippen molar-refractivity contribution in [3.8, 4) is 0 Å². The molecule has 0 bridgehead atoms. The van der Waals surface area contributed by atoms with Crippen LogP contribution < -0.4 is 0 Å². The topological polar surface area (TPSA) is 38.7 Å². The molecule has 0 amide bonds. The van der Waals surface area contributed by atoms with Crippen LogP contribution in [-0.2, 0) is 9.53 Å². The number of ether oxygens (including phenoxy) is 1. The molecule has 1 aliphatic rings. The molecular formula is C27H16ClNO2S. The van der Waals surface area contributed by atoms with Gasteiger partial charge in [-0.1, -0.05) is 72.3 Å². The molecule has 3 nitrogen and oxygen atoms in total. The molecule has 5 heteroatoms. The number of fused-ring (bicyclic) bond motifs is 3. The average molecular weight is 454 g/mol. The maximum absolute atomic E-state index is 12.8. The first-order valence-electron chi connectivity index (χ1n) is 10.2. The Kier molecular flexibility index (Phi) is 4.39. The number of hydrogen-bond acceptors (Lipinski definition) is 4. The van der Waals surface area contributed by atoms with Crippen LogP contribution in [0, 0.1) is 6.92 Å². The van der Waals surface area contributed by atoms with Crippen LogP contribution in [0.2, 0.25) is 5.02 Å². The van der Waals surface area contributed by atoms with Crippen LogP contribution in [0.4, 0.5) is 0 Å². The van der Waals surface area contributed by atoms with Crippen molar-refractivity contribution in [3.05, 3.63) is 99.5 Å². The number of aliphatic imine (C=N–C) groups is 1. The Balaban J connectivity index is 1.54. The van der Waals surface area contributed by atoms with Crippen molar-refractivity contribution in [2.24, 2.45) is 4.99 Å². The summed E-state index contributed by atoms with van der Waals surface area (Å²) in [6.07, 6.45) is 1.82. The summed E-state index contributed by atoms with van der Waals surface area (Å²) in [5.41, 5.74) is 2.37. The van der Waals surface area contributed by atoms with Gasteiger partial charge in [0.25, 0.3) is 0 Å². The van der Waals surface area contributed by atoms with E-state index in [1.54, 1.807) is 0 Å². The number of carbonyl (C=O) groups is 1. The Bertz CT molecular complexity index is 1590. The SMILES string of the molecule is Cc1ccc2c(Cl)c(C3=N/C(=C/c4c5ccccc5cc5ccccc45)C(=O)O3)sc2c1. The highest BCUT2D eigenvalue weighted by atomic mass is 35.5. The zero-order valence-corrected chi connectivity index (χ0v) is 18.6. The normalized spacial score (nSPS) is 15.1. The van der Waals surface area contributed by atoms with E-state index in [9.17, 15) is 4.79 Å². The third-order valence-corrected chi connectivity index (χ3v) is 7.34. The number of benzene rings is 4. The van der Waals surface area contributed by atoms with Crippen LogP contribution in [0.3, 0.4) is 0 Å². The maximum Gasteiger partial charge on any atom is 0.363 e. The number of carbonyl (C=O) groups excluding carboxylic acids is 1. The summed E-state index contributed by atoms with van der Waals surface area (Å²) in [6.45, 7) is 2.04. The number of thiophene rings is 1. The lowest BCUT2D eigenvalue weighted by molar-refractivity contribution is -0.129. The Hall–Kier alpha value is -3.47. The molecule has 32 heavy (non-hydrogen) atoms. The molecule has 1 aliphatic heterocycles. The molecule has 0 radical (unpaired) electrons. The summed E-state index contributed by atoms with van der Waals surface area (Å²) < 4.78 is 6.61. The minimum atomic E-state index is -0.471. The van der Waals surface area contributed by atoms with Gasteiger partial charge in [-0.05, 0) is 57.8 Å². The lowest BCUT2D eigenvalue weighted by atomic mass is 9.96. The van der Waals surface area contributed by atoms with Gasteiger partial charge in [0.2, 0.25) is 5.90 Å². The molecule has 0 unspecified atom stereocenters. The van der Waals surface area contributed by atoms with Crippen molar-refractivity contribution >= 4 is 72.5 Å². The first-order chi connectivity index (χ1) is 15.6. The standard InChI is InChI=1S/C27H16ClNO2S/c1-15-10-11-20-23(12-15)32-25(24(20)28)26-29-22(27(30)31-26)14-21-18-8-4-2-6-16(18)13-17-7-3-5-9-19(17)21/h2-14H,1H3/b22-14+. The number of esters is 1. The molecule has 0 saturated carbocycles. The van der Waals surface area contributed by atoms with Crippen molar-refractivity contribution < 1.29 is 9.53 Å². The quantitative estimate of drug-likeness (QED) is 0.157. The van der Waals surface area contributed by atoms with Gasteiger partial charge >= 0.3 is 5.97 Å². The zero-order valence-electron chi connectivity index (χ0n) is 17.1. The largest absolute Gasteiger partial charge is 0.401 e. The van der Waals surface area contributed by atoms with Gasteiger partial charge in [-0.25, -0.2) is 9.79 Å². The minimum absolute atomic E-state index is 0.259. The van der Waals surface area contributed by atoms with Crippen LogP contribution in [0.5, 0.6) is 0 Å². The van der Waals surface area contributed by atoms with Crippen molar-refractivity contribution in [1.29, 1.82) is 0 Å². The Morgan fingerprint density at radius 2 is 1.59 bits per heavy atom. The number of hydrogen-bond donors (Lipinski definition) is 0. The Morgan fingerprint density at radius 3 is 2.31 bits per heavy atom. The van der Waals surface area contributed by atoms with Crippen molar-refractivity contribution in [2.45, 2.75) is 6.92 Å². The molecule has 2 heterocycles. The molecule has 0 aliphatic carbocycles. The summed E-state index contributed by atoms with van der Waals surface area (Å²) in [4.78, 5) is 18.0. The smallest absolute Gasteiger partial charge is 0.363 e. The summed E-state index contributed by atoms with van der Waals surface area (Å²) in [5.74, 6) is -0.212. The second kappa shape index (κ2) is 7.30. The molecule has 6 rings (SSSR count). The molecule has 0 fully saturated rings. The van der Waals surface area contributed by atoms with Gasteiger partial charge in [0, 0.05) is 10.1 Å².